The van der Waals surface area contributed by atoms with E-state index in [9.17, 15) is 0 Å². The summed E-state index contributed by atoms with van der Waals surface area (Å²) in [5.74, 6) is 1.30. The van der Waals surface area contributed by atoms with Gasteiger partial charge in [0.2, 0.25) is 0 Å². The van der Waals surface area contributed by atoms with Gasteiger partial charge in [-0.1, -0.05) is 11.6 Å². The molecule has 0 aromatic heterocycles. The molecule has 1 rings (SSSR count). The van der Waals surface area contributed by atoms with Crippen molar-refractivity contribution in [3.63, 3.8) is 0 Å². The minimum absolute atomic E-state index is 0.187. The van der Waals surface area contributed by atoms with Crippen molar-refractivity contribution in [2.45, 2.75) is 13.0 Å². The second-order valence-corrected chi connectivity index (χ2v) is 3.36. The molecular formula is C10H14ClNO2. The van der Waals surface area contributed by atoms with Crippen LogP contribution < -0.4 is 15.2 Å². The molecule has 0 amide bonds. The molecule has 1 unspecified atom stereocenters. The Morgan fingerprint density at radius 2 is 1.71 bits per heavy atom. The van der Waals surface area contributed by atoms with E-state index in [4.69, 9.17) is 26.8 Å². The molecule has 14 heavy (non-hydrogen) atoms. The molecule has 0 spiro atoms. The predicted molar refractivity (Wildman–Crippen MR) is 57.2 cm³/mol. The molecule has 0 bridgehead atoms. The standard InChI is InChI=1S/C10H14ClNO2/c1-6(12)9-7(13-2)4-5-8(14-3)10(9)11/h4-6H,12H2,1-3H3. The Bertz CT molecular complexity index is 326. The first-order valence-corrected chi connectivity index (χ1v) is 4.65. The number of nitrogens with two attached hydrogens (primary N) is 1. The molecular weight excluding hydrogens is 202 g/mol. The molecule has 0 radical (unpaired) electrons. The van der Waals surface area contributed by atoms with Gasteiger partial charge >= 0.3 is 0 Å². The first kappa shape index (κ1) is 11.1. The molecule has 0 saturated heterocycles. The van der Waals surface area contributed by atoms with Crippen LogP contribution in [0.5, 0.6) is 11.5 Å². The quantitative estimate of drug-likeness (QED) is 0.842. The summed E-state index contributed by atoms with van der Waals surface area (Å²) in [7, 11) is 3.16. The SMILES string of the molecule is COc1ccc(OC)c(C(C)N)c1Cl. The van der Waals surface area contributed by atoms with Crippen LogP contribution in [0.3, 0.4) is 0 Å². The van der Waals surface area contributed by atoms with Gasteiger partial charge in [0.25, 0.3) is 0 Å². The van der Waals surface area contributed by atoms with Gasteiger partial charge < -0.3 is 15.2 Å². The van der Waals surface area contributed by atoms with E-state index in [0.717, 1.165) is 5.56 Å². The number of benzene rings is 1. The van der Waals surface area contributed by atoms with Gasteiger partial charge in [-0.25, -0.2) is 0 Å². The lowest BCUT2D eigenvalue weighted by molar-refractivity contribution is 0.396. The second kappa shape index (κ2) is 4.53. The number of ether oxygens (including phenoxy) is 2. The van der Waals surface area contributed by atoms with Crippen molar-refractivity contribution in [1.82, 2.24) is 0 Å². The number of hydrogen-bond donors (Lipinski definition) is 1. The lowest BCUT2D eigenvalue weighted by Crippen LogP contribution is -2.08. The van der Waals surface area contributed by atoms with E-state index in [1.807, 2.05) is 6.92 Å². The van der Waals surface area contributed by atoms with E-state index in [1.54, 1.807) is 26.4 Å². The number of halogens is 1. The van der Waals surface area contributed by atoms with Crippen LogP contribution in [0.15, 0.2) is 12.1 Å². The predicted octanol–water partition coefficient (Wildman–Crippen LogP) is 2.38. The van der Waals surface area contributed by atoms with Gasteiger partial charge in [0.1, 0.15) is 11.5 Å². The van der Waals surface area contributed by atoms with Crippen molar-refractivity contribution in [2.75, 3.05) is 14.2 Å². The Hall–Kier alpha value is -0.930. The highest BCUT2D eigenvalue weighted by atomic mass is 35.5. The largest absolute Gasteiger partial charge is 0.496 e. The van der Waals surface area contributed by atoms with Crippen LogP contribution in [0.4, 0.5) is 0 Å². The Morgan fingerprint density at radius 3 is 2.14 bits per heavy atom. The van der Waals surface area contributed by atoms with Crippen molar-refractivity contribution in [3.8, 4) is 11.5 Å². The Labute approximate surface area is 88.8 Å². The molecule has 1 aromatic rings. The zero-order valence-corrected chi connectivity index (χ0v) is 9.26. The van der Waals surface area contributed by atoms with Gasteiger partial charge in [0, 0.05) is 11.6 Å². The van der Waals surface area contributed by atoms with E-state index in [0.29, 0.717) is 16.5 Å². The fourth-order valence-corrected chi connectivity index (χ4v) is 1.72. The second-order valence-electron chi connectivity index (χ2n) is 2.99. The molecule has 0 aliphatic carbocycles. The summed E-state index contributed by atoms with van der Waals surface area (Å²) in [6.07, 6.45) is 0. The molecule has 1 aromatic carbocycles. The van der Waals surface area contributed by atoms with Gasteiger partial charge in [0.15, 0.2) is 0 Å². The van der Waals surface area contributed by atoms with Crippen LogP contribution in [0.25, 0.3) is 0 Å². The lowest BCUT2D eigenvalue weighted by atomic mass is 10.1. The maximum atomic E-state index is 6.10. The summed E-state index contributed by atoms with van der Waals surface area (Å²) >= 11 is 6.10. The molecule has 0 heterocycles. The van der Waals surface area contributed by atoms with Gasteiger partial charge in [-0.05, 0) is 19.1 Å². The first-order chi connectivity index (χ1) is 6.61. The van der Waals surface area contributed by atoms with Crippen LogP contribution in [0.1, 0.15) is 18.5 Å². The smallest absolute Gasteiger partial charge is 0.138 e. The Morgan fingerprint density at radius 1 is 1.21 bits per heavy atom. The van der Waals surface area contributed by atoms with Crippen LogP contribution in [0.2, 0.25) is 5.02 Å². The summed E-state index contributed by atoms with van der Waals surface area (Å²) in [6, 6.07) is 3.36. The van der Waals surface area contributed by atoms with Crippen LogP contribution in [-0.2, 0) is 0 Å². The van der Waals surface area contributed by atoms with Crippen LogP contribution >= 0.6 is 11.6 Å². The minimum Gasteiger partial charge on any atom is -0.496 e. The highest BCUT2D eigenvalue weighted by Crippen LogP contribution is 2.37. The van der Waals surface area contributed by atoms with Gasteiger partial charge in [-0.3, -0.25) is 0 Å². The molecule has 4 heteroatoms. The molecule has 3 nitrogen and oxygen atoms in total. The van der Waals surface area contributed by atoms with E-state index >= 15 is 0 Å². The van der Waals surface area contributed by atoms with Crippen molar-refractivity contribution < 1.29 is 9.47 Å². The van der Waals surface area contributed by atoms with E-state index in [2.05, 4.69) is 0 Å². The highest BCUT2D eigenvalue weighted by Gasteiger charge is 2.15. The molecule has 1 atom stereocenters. The third-order valence-corrected chi connectivity index (χ3v) is 2.39. The fourth-order valence-electron chi connectivity index (χ4n) is 1.32. The zero-order chi connectivity index (χ0) is 10.7. The first-order valence-electron chi connectivity index (χ1n) is 4.27. The zero-order valence-electron chi connectivity index (χ0n) is 8.50. The molecule has 2 N–H and O–H groups in total. The summed E-state index contributed by atoms with van der Waals surface area (Å²) < 4.78 is 10.3. The maximum Gasteiger partial charge on any atom is 0.138 e. The topological polar surface area (TPSA) is 44.5 Å². The highest BCUT2D eigenvalue weighted by molar-refractivity contribution is 6.33. The van der Waals surface area contributed by atoms with Crippen LogP contribution in [-0.4, -0.2) is 14.2 Å². The van der Waals surface area contributed by atoms with E-state index in [1.165, 1.54) is 0 Å². The maximum absolute atomic E-state index is 6.10. The van der Waals surface area contributed by atoms with Crippen molar-refractivity contribution in [1.29, 1.82) is 0 Å². The summed E-state index contributed by atoms with van der Waals surface area (Å²) in [5.41, 5.74) is 6.57. The van der Waals surface area contributed by atoms with Crippen molar-refractivity contribution in [3.05, 3.63) is 22.7 Å². The number of rotatable bonds is 3. The molecule has 0 fully saturated rings. The molecule has 78 valence electrons. The van der Waals surface area contributed by atoms with Gasteiger partial charge in [0.05, 0.1) is 19.2 Å². The molecule has 0 aliphatic rings. The number of hydrogen-bond acceptors (Lipinski definition) is 3. The molecule has 0 aliphatic heterocycles. The lowest BCUT2D eigenvalue weighted by Gasteiger charge is -2.15. The normalized spacial score (nSPS) is 12.4. The van der Waals surface area contributed by atoms with E-state index < -0.39 is 0 Å². The third-order valence-electron chi connectivity index (χ3n) is 2.00. The average molecular weight is 216 g/mol. The summed E-state index contributed by atoms with van der Waals surface area (Å²) in [4.78, 5) is 0. The Kier molecular flexibility index (Phi) is 3.61. The summed E-state index contributed by atoms with van der Waals surface area (Å²) in [6.45, 7) is 1.85. The third kappa shape index (κ3) is 1.94. The molecule has 0 saturated carbocycles. The van der Waals surface area contributed by atoms with Crippen molar-refractivity contribution in [2.24, 2.45) is 5.73 Å². The van der Waals surface area contributed by atoms with Gasteiger partial charge in [-0.15, -0.1) is 0 Å². The number of methoxy groups -OCH3 is 2. The van der Waals surface area contributed by atoms with E-state index in [-0.39, 0.29) is 6.04 Å². The summed E-state index contributed by atoms with van der Waals surface area (Å²) in [5, 5.41) is 0.516. The fraction of sp³-hybridized carbons (Fsp3) is 0.400. The minimum atomic E-state index is -0.187. The average Bonchev–Trinajstić information content (AvgIpc) is 2.16. The monoisotopic (exact) mass is 215 g/mol. The van der Waals surface area contributed by atoms with Crippen LogP contribution in [0, 0.1) is 0 Å². The van der Waals surface area contributed by atoms with Crippen molar-refractivity contribution >= 4 is 11.6 Å². The Balaban J connectivity index is 3.31. The van der Waals surface area contributed by atoms with Gasteiger partial charge in [-0.2, -0.15) is 0 Å².